The van der Waals surface area contributed by atoms with E-state index >= 15 is 0 Å². The van der Waals surface area contributed by atoms with Crippen molar-refractivity contribution in [2.24, 2.45) is 0 Å². The van der Waals surface area contributed by atoms with Crippen molar-refractivity contribution in [1.82, 2.24) is 0 Å². The van der Waals surface area contributed by atoms with Gasteiger partial charge in [0, 0.05) is 10.7 Å². The third-order valence-corrected chi connectivity index (χ3v) is 2.98. The molecule has 1 aromatic carbocycles. The second-order valence-electron chi connectivity index (χ2n) is 5.90. The van der Waals surface area contributed by atoms with Gasteiger partial charge in [-0.2, -0.15) is 0 Å². The second-order valence-corrected chi connectivity index (χ2v) is 6.33. The van der Waals surface area contributed by atoms with Gasteiger partial charge in [-0.25, -0.2) is 13.6 Å². The lowest BCUT2D eigenvalue weighted by molar-refractivity contribution is -0.138. The predicted octanol–water partition coefficient (Wildman–Crippen LogP) is 4.51. The van der Waals surface area contributed by atoms with E-state index in [-0.39, 0.29) is 16.3 Å². The molecule has 0 spiro atoms. The number of nitrogens with one attached hydrogen (secondary N) is 1. The number of carbonyl (C=O) groups is 2. The van der Waals surface area contributed by atoms with Gasteiger partial charge >= 0.3 is 12.1 Å². The van der Waals surface area contributed by atoms with Gasteiger partial charge in [-0.1, -0.05) is 11.6 Å². The number of carboxylic acids is 1. The molecule has 1 amide bonds. The highest BCUT2D eigenvalue weighted by atomic mass is 35.5. The van der Waals surface area contributed by atoms with Crippen LogP contribution < -0.4 is 5.32 Å². The quantitative estimate of drug-likeness (QED) is 0.820. The molecule has 1 aromatic rings. The fourth-order valence-electron chi connectivity index (χ4n) is 1.89. The van der Waals surface area contributed by atoms with Crippen molar-refractivity contribution in [3.05, 3.63) is 28.8 Å². The van der Waals surface area contributed by atoms with Crippen LogP contribution in [0, 0.1) is 0 Å². The lowest BCUT2D eigenvalue weighted by atomic mass is 9.94. The first-order chi connectivity index (χ1) is 10.5. The third kappa shape index (κ3) is 6.40. The Morgan fingerprint density at radius 2 is 1.96 bits per heavy atom. The van der Waals surface area contributed by atoms with Crippen LogP contribution in [0.15, 0.2) is 18.2 Å². The number of hydrogen-bond acceptors (Lipinski definition) is 3. The van der Waals surface area contributed by atoms with Gasteiger partial charge in [-0.05, 0) is 44.5 Å². The number of amides is 1. The van der Waals surface area contributed by atoms with Crippen LogP contribution in [0.3, 0.4) is 0 Å². The molecule has 0 aliphatic rings. The molecule has 8 heteroatoms. The summed E-state index contributed by atoms with van der Waals surface area (Å²) in [6.07, 6.45) is -4.55. The Hall–Kier alpha value is -1.89. The smallest absolute Gasteiger partial charge is 0.412 e. The largest absolute Gasteiger partial charge is 0.481 e. The Bertz CT molecular complexity index is 587. The highest BCUT2D eigenvalue weighted by Gasteiger charge is 2.29. The van der Waals surface area contributed by atoms with Crippen LogP contribution in [0.1, 0.15) is 38.7 Å². The van der Waals surface area contributed by atoms with Crippen molar-refractivity contribution in [3.8, 4) is 0 Å². The van der Waals surface area contributed by atoms with Crippen molar-refractivity contribution >= 4 is 29.4 Å². The normalized spacial score (nSPS) is 12.8. The van der Waals surface area contributed by atoms with E-state index in [1.807, 2.05) is 0 Å². The molecule has 0 radical (unpaired) electrons. The van der Waals surface area contributed by atoms with Gasteiger partial charge in [0.1, 0.15) is 5.60 Å². The average Bonchev–Trinajstić information content (AvgIpc) is 2.35. The molecular weight excluding hydrogens is 332 g/mol. The minimum absolute atomic E-state index is 0.0372. The third-order valence-electron chi connectivity index (χ3n) is 2.75. The van der Waals surface area contributed by atoms with E-state index in [4.69, 9.17) is 21.4 Å². The maximum atomic E-state index is 13.2. The maximum absolute atomic E-state index is 13.2. The summed E-state index contributed by atoms with van der Waals surface area (Å²) in [6.45, 7) is 4.96. The standard InChI is InChI=1S/C15H18ClF2NO4/c1-15(2,3)23-14(22)19-11-5-4-8(16)6-9(11)10(13(17)18)7-12(20)21/h4-6,10,13H,7H2,1-3H3,(H,19,22)(H,20,21). The number of rotatable bonds is 5. The molecule has 0 aromatic heterocycles. The van der Waals surface area contributed by atoms with Gasteiger partial charge < -0.3 is 9.84 Å². The molecule has 1 atom stereocenters. The van der Waals surface area contributed by atoms with Gasteiger partial charge in [-0.3, -0.25) is 10.1 Å². The SMILES string of the molecule is CC(C)(C)OC(=O)Nc1ccc(Cl)cc1C(CC(=O)O)C(F)F. The Balaban J connectivity index is 3.13. The molecule has 0 saturated carbocycles. The van der Waals surface area contributed by atoms with E-state index < -0.39 is 36.4 Å². The van der Waals surface area contributed by atoms with Crippen LogP contribution in [0.2, 0.25) is 5.02 Å². The lowest BCUT2D eigenvalue weighted by Crippen LogP contribution is -2.28. The fourth-order valence-corrected chi connectivity index (χ4v) is 2.07. The van der Waals surface area contributed by atoms with E-state index in [1.54, 1.807) is 20.8 Å². The maximum Gasteiger partial charge on any atom is 0.412 e. The van der Waals surface area contributed by atoms with E-state index in [9.17, 15) is 18.4 Å². The zero-order chi connectivity index (χ0) is 17.8. The number of aliphatic carboxylic acids is 1. The predicted molar refractivity (Wildman–Crippen MR) is 82.3 cm³/mol. The van der Waals surface area contributed by atoms with Gasteiger partial charge in [0.25, 0.3) is 0 Å². The molecule has 0 aliphatic heterocycles. The topological polar surface area (TPSA) is 75.6 Å². The molecule has 1 rings (SSSR count). The molecule has 2 N–H and O–H groups in total. The molecular formula is C15H18ClF2NO4. The zero-order valence-corrected chi connectivity index (χ0v) is 13.7. The molecule has 0 aliphatic carbocycles. The number of halogens is 3. The van der Waals surface area contributed by atoms with E-state index in [0.29, 0.717) is 0 Å². The summed E-state index contributed by atoms with van der Waals surface area (Å²) in [7, 11) is 0. The Labute approximate surface area is 137 Å². The molecule has 128 valence electrons. The summed E-state index contributed by atoms with van der Waals surface area (Å²) in [6, 6.07) is 3.95. The van der Waals surface area contributed by atoms with Crippen molar-refractivity contribution in [3.63, 3.8) is 0 Å². The van der Waals surface area contributed by atoms with Crippen molar-refractivity contribution in [1.29, 1.82) is 0 Å². The molecule has 0 bridgehead atoms. The number of alkyl halides is 2. The number of hydrogen-bond donors (Lipinski definition) is 2. The average molecular weight is 350 g/mol. The number of carbonyl (C=O) groups excluding carboxylic acids is 1. The van der Waals surface area contributed by atoms with Gasteiger partial charge in [0.15, 0.2) is 0 Å². The highest BCUT2D eigenvalue weighted by molar-refractivity contribution is 6.30. The van der Waals surface area contributed by atoms with Crippen LogP contribution in [-0.4, -0.2) is 29.2 Å². The minimum atomic E-state index is -2.93. The Morgan fingerprint density at radius 3 is 2.43 bits per heavy atom. The first-order valence-corrected chi connectivity index (χ1v) is 7.17. The van der Waals surface area contributed by atoms with E-state index in [2.05, 4.69) is 5.32 Å². The highest BCUT2D eigenvalue weighted by Crippen LogP contribution is 2.34. The second kappa shape index (κ2) is 7.59. The molecule has 1 unspecified atom stereocenters. The van der Waals surface area contributed by atoms with Crippen LogP contribution in [0.5, 0.6) is 0 Å². The van der Waals surface area contributed by atoms with Gasteiger partial charge in [0.2, 0.25) is 6.43 Å². The summed E-state index contributed by atoms with van der Waals surface area (Å²) in [5, 5.41) is 11.3. The van der Waals surface area contributed by atoms with E-state index in [0.717, 1.165) is 0 Å². The number of benzene rings is 1. The van der Waals surface area contributed by atoms with Crippen LogP contribution >= 0.6 is 11.6 Å². The summed E-state index contributed by atoms with van der Waals surface area (Å²) in [5.41, 5.74) is -0.782. The molecule has 0 saturated heterocycles. The minimum Gasteiger partial charge on any atom is -0.481 e. The molecule has 0 fully saturated rings. The summed E-state index contributed by atoms with van der Waals surface area (Å²) in [5.74, 6) is -2.98. The summed E-state index contributed by atoms with van der Waals surface area (Å²) >= 11 is 5.81. The Kier molecular flexibility index (Phi) is 6.32. The number of ether oxygens (including phenoxy) is 1. The van der Waals surface area contributed by atoms with Crippen molar-refractivity contribution < 1.29 is 28.2 Å². The molecule has 23 heavy (non-hydrogen) atoms. The van der Waals surface area contributed by atoms with Crippen LogP contribution in [0.25, 0.3) is 0 Å². The summed E-state index contributed by atoms with van der Waals surface area (Å²) in [4.78, 5) is 22.6. The number of anilines is 1. The molecule has 5 nitrogen and oxygen atoms in total. The molecule has 0 heterocycles. The lowest BCUT2D eigenvalue weighted by Gasteiger charge is -2.22. The van der Waals surface area contributed by atoms with Crippen LogP contribution in [-0.2, 0) is 9.53 Å². The first-order valence-electron chi connectivity index (χ1n) is 6.79. The Morgan fingerprint density at radius 1 is 1.35 bits per heavy atom. The summed E-state index contributed by atoms with van der Waals surface area (Å²) < 4.78 is 31.5. The number of carboxylic acid groups (broad SMARTS) is 1. The van der Waals surface area contributed by atoms with E-state index in [1.165, 1.54) is 18.2 Å². The van der Waals surface area contributed by atoms with Crippen molar-refractivity contribution in [2.75, 3.05) is 5.32 Å². The zero-order valence-electron chi connectivity index (χ0n) is 12.9. The monoisotopic (exact) mass is 349 g/mol. The van der Waals surface area contributed by atoms with Gasteiger partial charge in [0.05, 0.1) is 12.3 Å². The van der Waals surface area contributed by atoms with Gasteiger partial charge in [-0.15, -0.1) is 0 Å². The van der Waals surface area contributed by atoms with Crippen LogP contribution in [0.4, 0.5) is 19.3 Å². The van der Waals surface area contributed by atoms with Crippen molar-refractivity contribution in [2.45, 2.75) is 45.1 Å². The fraction of sp³-hybridized carbons (Fsp3) is 0.467. The first kappa shape index (κ1) is 19.2.